The second-order valence-electron chi connectivity index (χ2n) is 4.39. The van der Waals surface area contributed by atoms with E-state index in [4.69, 9.17) is 0 Å². The predicted molar refractivity (Wildman–Crippen MR) is 50.9 cm³/mol. The van der Waals surface area contributed by atoms with Gasteiger partial charge in [0.25, 0.3) is 0 Å². The molecule has 0 amide bonds. The summed E-state index contributed by atoms with van der Waals surface area (Å²) in [7, 11) is 0. The van der Waals surface area contributed by atoms with Crippen molar-refractivity contribution >= 4 is 0 Å². The zero-order chi connectivity index (χ0) is 9.19. The van der Waals surface area contributed by atoms with E-state index in [1.165, 1.54) is 12.3 Å². The lowest BCUT2D eigenvalue weighted by Gasteiger charge is -2.34. The van der Waals surface area contributed by atoms with Crippen LogP contribution < -0.4 is 0 Å². The summed E-state index contributed by atoms with van der Waals surface area (Å²) in [6.45, 7) is 8.93. The molecule has 1 saturated heterocycles. The second kappa shape index (κ2) is 3.75. The van der Waals surface area contributed by atoms with Crippen molar-refractivity contribution in [3.63, 3.8) is 0 Å². The summed E-state index contributed by atoms with van der Waals surface area (Å²) in [5.41, 5.74) is 0.0528. The van der Waals surface area contributed by atoms with Crippen molar-refractivity contribution in [2.45, 2.75) is 39.2 Å². The maximum atomic E-state index is 9.26. The van der Waals surface area contributed by atoms with E-state index in [2.05, 4.69) is 25.7 Å². The fourth-order valence-corrected chi connectivity index (χ4v) is 1.91. The van der Waals surface area contributed by atoms with Gasteiger partial charge in [0.05, 0.1) is 6.61 Å². The molecule has 0 aliphatic carbocycles. The van der Waals surface area contributed by atoms with Crippen LogP contribution in [0.15, 0.2) is 0 Å². The molecule has 1 N–H and O–H groups in total. The van der Waals surface area contributed by atoms with E-state index in [9.17, 15) is 5.11 Å². The van der Waals surface area contributed by atoms with Crippen LogP contribution in [0.5, 0.6) is 0 Å². The van der Waals surface area contributed by atoms with E-state index in [0.717, 1.165) is 19.5 Å². The molecule has 0 aromatic rings. The van der Waals surface area contributed by atoms with Crippen molar-refractivity contribution in [2.24, 2.45) is 0 Å². The lowest BCUT2D eigenvalue weighted by molar-refractivity contribution is 0.0828. The predicted octanol–water partition coefficient (Wildman–Crippen LogP) is 1.45. The summed E-state index contributed by atoms with van der Waals surface area (Å²) in [5, 5.41) is 9.26. The van der Waals surface area contributed by atoms with Gasteiger partial charge in [0.15, 0.2) is 0 Å². The van der Waals surface area contributed by atoms with Crippen LogP contribution in [-0.2, 0) is 0 Å². The molecule has 2 nitrogen and oxygen atoms in total. The summed E-state index contributed by atoms with van der Waals surface area (Å²) in [6.07, 6.45) is 2.36. The SMILES string of the molecule is C[C](C)CN1CCC[C@]1(C)CO. The highest BCUT2D eigenvalue weighted by Gasteiger charge is 2.35. The number of likely N-dealkylation sites (tertiary alicyclic amines) is 1. The van der Waals surface area contributed by atoms with Gasteiger partial charge in [0.1, 0.15) is 0 Å². The lowest BCUT2D eigenvalue weighted by Crippen LogP contribution is -2.45. The topological polar surface area (TPSA) is 23.5 Å². The molecule has 1 aliphatic rings. The van der Waals surface area contributed by atoms with Gasteiger partial charge in [-0.3, -0.25) is 4.90 Å². The van der Waals surface area contributed by atoms with E-state index in [1.54, 1.807) is 0 Å². The van der Waals surface area contributed by atoms with Gasteiger partial charge in [-0.1, -0.05) is 13.8 Å². The van der Waals surface area contributed by atoms with E-state index in [0.29, 0.717) is 6.61 Å². The maximum Gasteiger partial charge on any atom is 0.0612 e. The Hall–Kier alpha value is -0.0800. The molecule has 1 atom stereocenters. The van der Waals surface area contributed by atoms with Crippen molar-refractivity contribution in [3.05, 3.63) is 5.92 Å². The molecular formula is C10H20NO. The minimum atomic E-state index is 0.0528. The largest absolute Gasteiger partial charge is 0.394 e. The Bertz CT molecular complexity index is 147. The molecule has 0 unspecified atom stereocenters. The molecular weight excluding hydrogens is 150 g/mol. The van der Waals surface area contributed by atoms with Crippen LogP contribution in [0, 0.1) is 5.92 Å². The second-order valence-corrected chi connectivity index (χ2v) is 4.39. The number of hydrogen-bond acceptors (Lipinski definition) is 2. The number of aliphatic hydroxyl groups excluding tert-OH is 1. The van der Waals surface area contributed by atoms with E-state index in [1.807, 2.05) is 0 Å². The summed E-state index contributed by atoms with van der Waals surface area (Å²) in [5.74, 6) is 1.43. The minimum absolute atomic E-state index is 0.0528. The van der Waals surface area contributed by atoms with Gasteiger partial charge in [0, 0.05) is 12.1 Å². The normalized spacial score (nSPS) is 31.8. The van der Waals surface area contributed by atoms with Crippen LogP contribution >= 0.6 is 0 Å². The molecule has 0 spiro atoms. The molecule has 0 bridgehead atoms. The van der Waals surface area contributed by atoms with Gasteiger partial charge in [-0.05, 0) is 32.2 Å². The fraction of sp³-hybridized carbons (Fsp3) is 0.900. The van der Waals surface area contributed by atoms with Crippen LogP contribution in [0.25, 0.3) is 0 Å². The van der Waals surface area contributed by atoms with Crippen molar-refractivity contribution < 1.29 is 5.11 Å². The first-order valence-electron chi connectivity index (χ1n) is 4.73. The van der Waals surface area contributed by atoms with Crippen molar-refractivity contribution in [2.75, 3.05) is 19.7 Å². The number of aliphatic hydroxyl groups is 1. The monoisotopic (exact) mass is 170 g/mol. The summed E-state index contributed by atoms with van der Waals surface area (Å²) in [6, 6.07) is 0. The molecule has 2 heteroatoms. The van der Waals surface area contributed by atoms with E-state index < -0.39 is 0 Å². The third-order valence-corrected chi connectivity index (χ3v) is 2.75. The fourth-order valence-electron chi connectivity index (χ4n) is 1.91. The average Bonchev–Trinajstić information content (AvgIpc) is 2.33. The zero-order valence-corrected chi connectivity index (χ0v) is 8.43. The van der Waals surface area contributed by atoms with Gasteiger partial charge in [-0.15, -0.1) is 0 Å². The zero-order valence-electron chi connectivity index (χ0n) is 8.43. The number of hydrogen-bond donors (Lipinski definition) is 1. The standard InChI is InChI=1S/C10H20NO/c1-9(2)7-11-6-4-5-10(11,3)8-12/h12H,4-8H2,1-3H3/t10-/m1/s1. The molecule has 12 heavy (non-hydrogen) atoms. The average molecular weight is 170 g/mol. The third-order valence-electron chi connectivity index (χ3n) is 2.75. The number of nitrogens with zero attached hydrogens (tertiary/aromatic N) is 1. The smallest absolute Gasteiger partial charge is 0.0612 e. The van der Waals surface area contributed by atoms with E-state index >= 15 is 0 Å². The Labute approximate surface area is 75.6 Å². The Kier molecular flexibility index (Phi) is 3.13. The summed E-state index contributed by atoms with van der Waals surface area (Å²) >= 11 is 0. The van der Waals surface area contributed by atoms with Crippen LogP contribution in [0.4, 0.5) is 0 Å². The summed E-state index contributed by atoms with van der Waals surface area (Å²) in [4.78, 5) is 2.39. The van der Waals surface area contributed by atoms with Crippen molar-refractivity contribution in [1.82, 2.24) is 4.90 Å². The molecule has 0 aromatic carbocycles. The van der Waals surface area contributed by atoms with Crippen LogP contribution in [-0.4, -0.2) is 35.2 Å². The van der Waals surface area contributed by atoms with E-state index in [-0.39, 0.29) is 5.54 Å². The Morgan fingerprint density at radius 1 is 1.50 bits per heavy atom. The van der Waals surface area contributed by atoms with Crippen molar-refractivity contribution in [1.29, 1.82) is 0 Å². The molecule has 71 valence electrons. The first kappa shape index (κ1) is 10.0. The van der Waals surface area contributed by atoms with Gasteiger partial charge < -0.3 is 5.11 Å². The first-order chi connectivity index (χ1) is 5.58. The molecule has 1 fully saturated rings. The highest BCUT2D eigenvalue weighted by Crippen LogP contribution is 2.29. The van der Waals surface area contributed by atoms with Crippen LogP contribution in [0.3, 0.4) is 0 Å². The molecule has 1 aliphatic heterocycles. The lowest BCUT2D eigenvalue weighted by atomic mass is 9.99. The molecule has 0 saturated carbocycles. The van der Waals surface area contributed by atoms with Gasteiger partial charge in [-0.25, -0.2) is 0 Å². The molecule has 0 aromatic heterocycles. The molecule has 1 rings (SSSR count). The Morgan fingerprint density at radius 2 is 2.17 bits per heavy atom. The minimum Gasteiger partial charge on any atom is -0.394 e. The molecule has 1 radical (unpaired) electrons. The third kappa shape index (κ3) is 1.99. The summed E-state index contributed by atoms with van der Waals surface area (Å²) < 4.78 is 0. The van der Waals surface area contributed by atoms with Gasteiger partial charge in [-0.2, -0.15) is 0 Å². The molecule has 1 heterocycles. The Balaban J connectivity index is 2.51. The van der Waals surface area contributed by atoms with Gasteiger partial charge in [0.2, 0.25) is 0 Å². The quantitative estimate of drug-likeness (QED) is 0.693. The van der Waals surface area contributed by atoms with Gasteiger partial charge >= 0.3 is 0 Å². The maximum absolute atomic E-state index is 9.26. The first-order valence-corrected chi connectivity index (χ1v) is 4.73. The Morgan fingerprint density at radius 3 is 2.67 bits per heavy atom. The van der Waals surface area contributed by atoms with Crippen LogP contribution in [0.1, 0.15) is 33.6 Å². The highest BCUT2D eigenvalue weighted by atomic mass is 16.3. The van der Waals surface area contributed by atoms with Crippen LogP contribution in [0.2, 0.25) is 0 Å². The van der Waals surface area contributed by atoms with Crippen molar-refractivity contribution in [3.8, 4) is 0 Å². The highest BCUT2D eigenvalue weighted by molar-refractivity contribution is 4.96. The number of rotatable bonds is 3.